The van der Waals surface area contributed by atoms with Crippen LogP contribution in [0, 0.1) is 6.92 Å². The van der Waals surface area contributed by atoms with Crippen LogP contribution in [0.3, 0.4) is 0 Å². The predicted molar refractivity (Wildman–Crippen MR) is 91.6 cm³/mol. The normalized spacial score (nSPS) is 14.9. The zero-order valence-electron chi connectivity index (χ0n) is 12.6. The number of fused-ring (bicyclic) bond motifs is 3. The largest absolute Gasteiger partial charge is 0.452 e. The maximum atomic E-state index is 12.7. The molecule has 1 aromatic heterocycles. The van der Waals surface area contributed by atoms with E-state index in [1.165, 1.54) is 6.07 Å². The number of Topliss-reactive ketones (excluding diaryl/α,β-unsaturated/α-hetero) is 1. The molecule has 0 saturated carbocycles. The van der Waals surface area contributed by atoms with E-state index in [2.05, 4.69) is 0 Å². The van der Waals surface area contributed by atoms with E-state index in [0.29, 0.717) is 10.8 Å². The van der Waals surface area contributed by atoms with Gasteiger partial charge in [0.2, 0.25) is 5.78 Å². The standard InChI is InChI=1S/C19H11ClO4/c1-10-8-16(21)24-19-13(10)6-7-14-17(19)18(22)15(23-14)9-11-2-4-12(20)5-3-11/h2-9H,1H3/b15-9+. The Kier molecular flexibility index (Phi) is 3.28. The van der Waals surface area contributed by atoms with E-state index in [0.717, 1.165) is 16.5 Å². The fourth-order valence-corrected chi connectivity index (χ4v) is 2.89. The average molecular weight is 339 g/mol. The second-order valence-corrected chi connectivity index (χ2v) is 5.99. The fraction of sp³-hybridized carbons (Fsp3) is 0.0526. The number of allylic oxidation sites excluding steroid dienone is 1. The Labute approximate surface area is 141 Å². The SMILES string of the molecule is Cc1cc(=O)oc2c3c(ccc12)O/C(=C/c1ccc(Cl)cc1)C3=O. The van der Waals surface area contributed by atoms with E-state index >= 15 is 0 Å². The van der Waals surface area contributed by atoms with Gasteiger partial charge in [0.15, 0.2) is 11.3 Å². The summed E-state index contributed by atoms with van der Waals surface area (Å²) in [6, 6.07) is 11.9. The average Bonchev–Trinajstić information content (AvgIpc) is 2.86. The molecule has 2 aromatic carbocycles. The van der Waals surface area contributed by atoms with Crippen molar-refractivity contribution in [2.24, 2.45) is 0 Å². The van der Waals surface area contributed by atoms with Gasteiger partial charge >= 0.3 is 5.63 Å². The highest BCUT2D eigenvalue weighted by atomic mass is 35.5. The van der Waals surface area contributed by atoms with Crippen molar-refractivity contribution in [3.05, 3.63) is 80.4 Å². The summed E-state index contributed by atoms with van der Waals surface area (Å²) in [6.45, 7) is 1.80. The molecule has 0 saturated heterocycles. The molecule has 0 unspecified atom stereocenters. The number of hydrogen-bond acceptors (Lipinski definition) is 4. The van der Waals surface area contributed by atoms with Crippen molar-refractivity contribution in [1.29, 1.82) is 0 Å². The summed E-state index contributed by atoms with van der Waals surface area (Å²) in [5, 5.41) is 1.33. The van der Waals surface area contributed by atoms with Gasteiger partial charge in [-0.05, 0) is 48.4 Å². The van der Waals surface area contributed by atoms with E-state index < -0.39 is 5.63 Å². The first kappa shape index (κ1) is 14.7. The molecule has 0 aliphatic carbocycles. The molecule has 0 fully saturated rings. The molecule has 1 aliphatic heterocycles. The molecule has 118 valence electrons. The highest BCUT2D eigenvalue weighted by Crippen LogP contribution is 2.37. The van der Waals surface area contributed by atoms with Crippen molar-refractivity contribution in [3.63, 3.8) is 0 Å². The van der Waals surface area contributed by atoms with Gasteiger partial charge in [-0.2, -0.15) is 0 Å². The number of ketones is 1. The van der Waals surface area contributed by atoms with Crippen molar-refractivity contribution < 1.29 is 13.9 Å². The molecule has 1 aliphatic rings. The predicted octanol–water partition coefficient (Wildman–Crippen LogP) is 4.37. The van der Waals surface area contributed by atoms with Gasteiger partial charge in [0.25, 0.3) is 0 Å². The first-order valence-corrected chi connectivity index (χ1v) is 7.68. The fourth-order valence-electron chi connectivity index (χ4n) is 2.76. The van der Waals surface area contributed by atoms with E-state index in [1.807, 2.05) is 0 Å². The van der Waals surface area contributed by atoms with Gasteiger partial charge in [-0.15, -0.1) is 0 Å². The van der Waals surface area contributed by atoms with Crippen LogP contribution in [0.15, 0.2) is 57.4 Å². The van der Waals surface area contributed by atoms with Crippen LogP contribution >= 0.6 is 11.6 Å². The van der Waals surface area contributed by atoms with Gasteiger partial charge in [0.05, 0.1) is 0 Å². The molecule has 4 rings (SSSR count). The summed E-state index contributed by atoms with van der Waals surface area (Å²) in [6.07, 6.45) is 1.64. The molecule has 0 bridgehead atoms. The monoisotopic (exact) mass is 338 g/mol. The van der Waals surface area contributed by atoms with E-state index in [9.17, 15) is 9.59 Å². The van der Waals surface area contributed by atoms with Crippen LogP contribution in [-0.4, -0.2) is 5.78 Å². The van der Waals surface area contributed by atoms with Crippen LogP contribution in [-0.2, 0) is 0 Å². The molecule has 5 heteroatoms. The smallest absolute Gasteiger partial charge is 0.336 e. The summed E-state index contributed by atoms with van der Waals surface area (Å²) >= 11 is 5.86. The first-order chi connectivity index (χ1) is 11.5. The minimum atomic E-state index is -0.490. The summed E-state index contributed by atoms with van der Waals surface area (Å²) in [4.78, 5) is 24.4. The van der Waals surface area contributed by atoms with Crippen molar-refractivity contribution in [1.82, 2.24) is 0 Å². The molecule has 0 spiro atoms. The number of carbonyl (C=O) groups excluding carboxylic acids is 1. The van der Waals surface area contributed by atoms with Crippen LogP contribution in [0.4, 0.5) is 0 Å². The van der Waals surface area contributed by atoms with Crippen molar-refractivity contribution in [2.75, 3.05) is 0 Å². The summed E-state index contributed by atoms with van der Waals surface area (Å²) in [7, 11) is 0. The second-order valence-electron chi connectivity index (χ2n) is 5.56. The third-order valence-corrected chi connectivity index (χ3v) is 4.17. The lowest BCUT2D eigenvalue weighted by Crippen LogP contribution is -2.02. The van der Waals surface area contributed by atoms with Crippen molar-refractivity contribution in [3.8, 4) is 5.75 Å². The van der Waals surface area contributed by atoms with Gasteiger partial charge in [0.1, 0.15) is 11.3 Å². The Morgan fingerprint density at radius 3 is 2.54 bits per heavy atom. The maximum absolute atomic E-state index is 12.7. The molecule has 0 atom stereocenters. The van der Waals surface area contributed by atoms with Crippen LogP contribution in [0.2, 0.25) is 5.02 Å². The Hall–Kier alpha value is -2.85. The summed E-state index contributed by atoms with van der Waals surface area (Å²) in [5.74, 6) is 0.268. The van der Waals surface area contributed by atoms with Gasteiger partial charge in [-0.25, -0.2) is 4.79 Å². The molecule has 4 nitrogen and oxygen atoms in total. The maximum Gasteiger partial charge on any atom is 0.336 e. The number of halogens is 1. The van der Waals surface area contributed by atoms with Crippen LogP contribution in [0.5, 0.6) is 5.75 Å². The van der Waals surface area contributed by atoms with Crippen LogP contribution in [0.1, 0.15) is 21.5 Å². The number of carbonyl (C=O) groups is 1. The minimum absolute atomic E-state index is 0.184. The third kappa shape index (κ3) is 2.32. The minimum Gasteiger partial charge on any atom is -0.452 e. The quantitative estimate of drug-likeness (QED) is 0.488. The molecule has 24 heavy (non-hydrogen) atoms. The summed E-state index contributed by atoms with van der Waals surface area (Å²) in [5.41, 5.74) is 1.61. The number of rotatable bonds is 1. The lowest BCUT2D eigenvalue weighted by atomic mass is 10.0. The molecule has 0 amide bonds. The number of hydrogen-bond donors (Lipinski definition) is 0. The van der Waals surface area contributed by atoms with E-state index in [-0.39, 0.29) is 22.7 Å². The van der Waals surface area contributed by atoms with Crippen LogP contribution in [0.25, 0.3) is 17.0 Å². The Morgan fingerprint density at radius 2 is 1.79 bits per heavy atom. The Balaban J connectivity index is 1.87. The topological polar surface area (TPSA) is 56.5 Å². The van der Waals surface area contributed by atoms with Crippen molar-refractivity contribution in [2.45, 2.75) is 6.92 Å². The molecule has 0 radical (unpaired) electrons. The van der Waals surface area contributed by atoms with Gasteiger partial charge in [-0.3, -0.25) is 4.79 Å². The third-order valence-electron chi connectivity index (χ3n) is 3.92. The zero-order chi connectivity index (χ0) is 16.8. The first-order valence-electron chi connectivity index (χ1n) is 7.30. The number of benzene rings is 2. The molecular weight excluding hydrogens is 328 g/mol. The number of ether oxygens (including phenoxy) is 1. The summed E-state index contributed by atoms with van der Waals surface area (Å²) < 4.78 is 10.9. The second kappa shape index (κ2) is 5.35. The van der Waals surface area contributed by atoms with Crippen LogP contribution < -0.4 is 10.4 Å². The van der Waals surface area contributed by atoms with E-state index in [4.69, 9.17) is 20.8 Å². The van der Waals surface area contributed by atoms with Gasteiger partial charge in [0, 0.05) is 16.5 Å². The molecule has 3 aromatic rings. The lowest BCUT2D eigenvalue weighted by molar-refractivity contribution is 0.101. The Morgan fingerprint density at radius 1 is 1.04 bits per heavy atom. The highest BCUT2D eigenvalue weighted by Gasteiger charge is 2.31. The lowest BCUT2D eigenvalue weighted by Gasteiger charge is -2.02. The zero-order valence-corrected chi connectivity index (χ0v) is 13.4. The van der Waals surface area contributed by atoms with Gasteiger partial charge < -0.3 is 9.15 Å². The Bertz CT molecular complexity index is 1070. The highest BCUT2D eigenvalue weighted by molar-refractivity contribution is 6.30. The van der Waals surface area contributed by atoms with E-state index in [1.54, 1.807) is 49.4 Å². The van der Waals surface area contributed by atoms with Gasteiger partial charge in [-0.1, -0.05) is 23.7 Å². The molecular formula is C19H11ClO4. The molecule has 2 heterocycles. The van der Waals surface area contributed by atoms with Crippen molar-refractivity contribution >= 4 is 34.4 Å². The molecule has 0 N–H and O–H groups in total. The number of aryl methyl sites for hydroxylation is 1.